The predicted octanol–water partition coefficient (Wildman–Crippen LogP) is 4.24. The van der Waals surface area contributed by atoms with Crippen LogP contribution in [0.5, 0.6) is 11.6 Å². The molecule has 2 rings (SSSR count). The van der Waals surface area contributed by atoms with Gasteiger partial charge in [-0.15, -0.1) is 0 Å². The fraction of sp³-hybridized carbons (Fsp3) is 0.0769. The molecular formula is C13H7ClF3NO3. The molecule has 0 saturated carbocycles. The SMILES string of the molecule is O=C(O)c1ccc(Cl)cc1Oc1ccc(C(F)(F)F)cn1. The Labute approximate surface area is 121 Å². The van der Waals surface area contributed by atoms with Crippen molar-refractivity contribution in [3.63, 3.8) is 0 Å². The zero-order valence-electron chi connectivity index (χ0n) is 10.2. The van der Waals surface area contributed by atoms with Gasteiger partial charge in [-0.3, -0.25) is 0 Å². The fourth-order valence-corrected chi connectivity index (χ4v) is 1.64. The number of aromatic nitrogens is 1. The van der Waals surface area contributed by atoms with Gasteiger partial charge in [-0.05, 0) is 18.2 Å². The molecule has 0 aliphatic carbocycles. The largest absolute Gasteiger partial charge is 0.478 e. The van der Waals surface area contributed by atoms with E-state index in [9.17, 15) is 18.0 Å². The number of rotatable bonds is 3. The van der Waals surface area contributed by atoms with Gasteiger partial charge in [-0.2, -0.15) is 13.2 Å². The van der Waals surface area contributed by atoms with Gasteiger partial charge in [0, 0.05) is 23.4 Å². The topological polar surface area (TPSA) is 59.4 Å². The molecule has 0 atom stereocenters. The van der Waals surface area contributed by atoms with E-state index in [0.717, 1.165) is 12.1 Å². The smallest absolute Gasteiger partial charge is 0.417 e. The van der Waals surface area contributed by atoms with E-state index < -0.39 is 17.7 Å². The number of halogens is 4. The molecule has 21 heavy (non-hydrogen) atoms. The zero-order chi connectivity index (χ0) is 15.6. The Bertz CT molecular complexity index is 671. The van der Waals surface area contributed by atoms with Crippen LogP contribution in [0.4, 0.5) is 13.2 Å². The number of alkyl halides is 3. The average molecular weight is 318 g/mol. The van der Waals surface area contributed by atoms with Gasteiger partial charge >= 0.3 is 12.1 Å². The number of nitrogens with zero attached hydrogens (tertiary/aromatic N) is 1. The van der Waals surface area contributed by atoms with E-state index in [1.165, 1.54) is 18.2 Å². The molecule has 8 heteroatoms. The van der Waals surface area contributed by atoms with Crippen LogP contribution >= 0.6 is 11.6 Å². The van der Waals surface area contributed by atoms with E-state index in [-0.39, 0.29) is 22.2 Å². The van der Waals surface area contributed by atoms with Gasteiger partial charge in [0.1, 0.15) is 11.3 Å². The van der Waals surface area contributed by atoms with Crippen LogP contribution in [-0.2, 0) is 6.18 Å². The molecular weight excluding hydrogens is 311 g/mol. The maximum Gasteiger partial charge on any atom is 0.417 e. The molecule has 1 aromatic heterocycles. The third-order valence-corrected chi connectivity index (χ3v) is 2.69. The summed E-state index contributed by atoms with van der Waals surface area (Å²) in [6.07, 6.45) is -3.91. The Balaban J connectivity index is 2.30. The van der Waals surface area contributed by atoms with E-state index in [4.69, 9.17) is 21.4 Å². The highest BCUT2D eigenvalue weighted by atomic mass is 35.5. The number of aromatic carboxylic acids is 1. The standard InChI is InChI=1S/C13H7ClF3NO3/c14-8-2-3-9(12(19)20)10(5-8)21-11-4-1-7(6-18-11)13(15,16)17/h1-6H,(H,19,20). The zero-order valence-corrected chi connectivity index (χ0v) is 10.9. The van der Waals surface area contributed by atoms with E-state index in [1.54, 1.807) is 0 Å². The molecule has 2 aromatic rings. The molecule has 0 spiro atoms. The number of carboxylic acids is 1. The van der Waals surface area contributed by atoms with E-state index in [1.807, 2.05) is 0 Å². The number of hydrogen-bond acceptors (Lipinski definition) is 3. The van der Waals surface area contributed by atoms with Crippen molar-refractivity contribution in [1.82, 2.24) is 4.98 Å². The van der Waals surface area contributed by atoms with Crippen molar-refractivity contribution in [2.24, 2.45) is 0 Å². The lowest BCUT2D eigenvalue weighted by Crippen LogP contribution is -2.05. The lowest BCUT2D eigenvalue weighted by Gasteiger charge is -2.10. The molecule has 0 fully saturated rings. The summed E-state index contributed by atoms with van der Waals surface area (Å²) in [5.41, 5.74) is -1.11. The minimum absolute atomic E-state index is 0.109. The molecule has 0 saturated heterocycles. The van der Waals surface area contributed by atoms with Gasteiger partial charge in [-0.25, -0.2) is 9.78 Å². The van der Waals surface area contributed by atoms with Crippen LogP contribution in [0.25, 0.3) is 0 Å². The van der Waals surface area contributed by atoms with Gasteiger partial charge in [0.2, 0.25) is 5.88 Å². The van der Waals surface area contributed by atoms with Crippen molar-refractivity contribution in [1.29, 1.82) is 0 Å². The first-order chi connectivity index (χ1) is 9.77. The first-order valence-corrected chi connectivity index (χ1v) is 5.89. The summed E-state index contributed by atoms with van der Waals surface area (Å²) in [6.45, 7) is 0. The number of pyridine rings is 1. The lowest BCUT2D eigenvalue weighted by molar-refractivity contribution is -0.137. The highest BCUT2D eigenvalue weighted by Gasteiger charge is 2.30. The van der Waals surface area contributed by atoms with Crippen LogP contribution in [0, 0.1) is 0 Å². The maximum atomic E-state index is 12.4. The van der Waals surface area contributed by atoms with Gasteiger partial charge < -0.3 is 9.84 Å². The molecule has 4 nitrogen and oxygen atoms in total. The quantitative estimate of drug-likeness (QED) is 0.919. The Morgan fingerprint density at radius 2 is 1.95 bits per heavy atom. The molecule has 1 heterocycles. The van der Waals surface area contributed by atoms with Crippen molar-refractivity contribution < 1.29 is 27.8 Å². The Hall–Kier alpha value is -2.28. The van der Waals surface area contributed by atoms with Crippen LogP contribution in [0.15, 0.2) is 36.5 Å². The van der Waals surface area contributed by atoms with Crippen molar-refractivity contribution in [2.45, 2.75) is 6.18 Å². The number of benzene rings is 1. The third-order valence-electron chi connectivity index (χ3n) is 2.45. The van der Waals surface area contributed by atoms with E-state index in [0.29, 0.717) is 6.20 Å². The Morgan fingerprint density at radius 3 is 2.48 bits per heavy atom. The van der Waals surface area contributed by atoms with Gasteiger partial charge in [0.25, 0.3) is 0 Å². The minimum atomic E-state index is -4.51. The molecule has 0 aliphatic rings. The second-order valence-electron chi connectivity index (χ2n) is 3.93. The van der Waals surface area contributed by atoms with Crippen LogP contribution < -0.4 is 4.74 Å². The normalized spacial score (nSPS) is 11.2. The molecule has 1 N–H and O–H groups in total. The maximum absolute atomic E-state index is 12.4. The number of carbonyl (C=O) groups is 1. The van der Waals surface area contributed by atoms with Crippen molar-refractivity contribution in [3.8, 4) is 11.6 Å². The summed E-state index contributed by atoms with van der Waals surface area (Å²) in [7, 11) is 0. The molecule has 1 aromatic carbocycles. The molecule has 0 amide bonds. The third kappa shape index (κ3) is 3.63. The average Bonchev–Trinajstić information content (AvgIpc) is 2.38. The number of carboxylic acid groups (broad SMARTS) is 1. The summed E-state index contributed by atoms with van der Waals surface area (Å²) in [5.74, 6) is -1.54. The highest BCUT2D eigenvalue weighted by molar-refractivity contribution is 6.30. The minimum Gasteiger partial charge on any atom is -0.478 e. The fourth-order valence-electron chi connectivity index (χ4n) is 1.48. The van der Waals surface area contributed by atoms with Crippen LogP contribution in [-0.4, -0.2) is 16.1 Å². The Morgan fingerprint density at radius 1 is 1.24 bits per heavy atom. The van der Waals surface area contributed by atoms with Crippen molar-refractivity contribution in [2.75, 3.05) is 0 Å². The Kier molecular flexibility index (Phi) is 4.04. The molecule has 0 radical (unpaired) electrons. The summed E-state index contributed by atoms with van der Waals surface area (Å²) >= 11 is 5.73. The number of ether oxygens (including phenoxy) is 1. The van der Waals surface area contributed by atoms with Crippen molar-refractivity contribution in [3.05, 3.63) is 52.7 Å². The van der Waals surface area contributed by atoms with Gasteiger partial charge in [0.15, 0.2) is 0 Å². The number of hydrogen-bond donors (Lipinski definition) is 1. The molecule has 0 aliphatic heterocycles. The first-order valence-electron chi connectivity index (χ1n) is 5.51. The second-order valence-corrected chi connectivity index (χ2v) is 4.37. The van der Waals surface area contributed by atoms with Gasteiger partial charge in [-0.1, -0.05) is 11.6 Å². The van der Waals surface area contributed by atoms with Crippen LogP contribution in [0.3, 0.4) is 0 Å². The van der Waals surface area contributed by atoms with E-state index >= 15 is 0 Å². The summed E-state index contributed by atoms with van der Waals surface area (Å²) in [5, 5.41) is 9.22. The van der Waals surface area contributed by atoms with Crippen LogP contribution in [0.2, 0.25) is 5.02 Å². The molecule has 0 bridgehead atoms. The van der Waals surface area contributed by atoms with E-state index in [2.05, 4.69) is 4.98 Å². The monoisotopic (exact) mass is 317 g/mol. The lowest BCUT2D eigenvalue weighted by atomic mass is 10.2. The summed E-state index contributed by atoms with van der Waals surface area (Å²) in [6, 6.07) is 5.61. The molecule has 110 valence electrons. The highest BCUT2D eigenvalue weighted by Crippen LogP contribution is 2.31. The van der Waals surface area contributed by atoms with Crippen molar-refractivity contribution >= 4 is 17.6 Å². The predicted molar refractivity (Wildman–Crippen MR) is 67.7 cm³/mol. The molecule has 0 unspecified atom stereocenters. The summed E-state index contributed by atoms with van der Waals surface area (Å²) in [4.78, 5) is 14.5. The first kappa shape index (κ1) is 15.1. The summed E-state index contributed by atoms with van der Waals surface area (Å²) < 4.78 is 42.4. The van der Waals surface area contributed by atoms with Gasteiger partial charge in [0.05, 0.1) is 5.56 Å². The van der Waals surface area contributed by atoms with Crippen LogP contribution in [0.1, 0.15) is 15.9 Å². The second kappa shape index (κ2) is 5.61.